The van der Waals surface area contributed by atoms with Gasteiger partial charge in [-0.2, -0.15) is 0 Å². The number of hydrogen-bond donors (Lipinski definition) is 1. The number of halogens is 2. The molecule has 0 saturated carbocycles. The molecule has 4 aromatic rings. The minimum atomic E-state index is -0.119. The maximum absolute atomic E-state index is 11.0. The van der Waals surface area contributed by atoms with Crippen LogP contribution in [0.3, 0.4) is 0 Å². The van der Waals surface area contributed by atoms with E-state index in [0.717, 1.165) is 12.8 Å². The summed E-state index contributed by atoms with van der Waals surface area (Å²) in [6.07, 6.45) is 1.60. The molecule has 4 aromatic carbocycles. The summed E-state index contributed by atoms with van der Waals surface area (Å²) in [5.41, 5.74) is 2.44. The zero-order valence-electron chi connectivity index (χ0n) is 19.1. The summed E-state index contributed by atoms with van der Waals surface area (Å²) in [4.78, 5) is 22.0. The molecule has 4 nitrogen and oxygen atoms in total. The van der Waals surface area contributed by atoms with Gasteiger partial charge in [-0.15, -0.1) is 11.6 Å². The van der Waals surface area contributed by atoms with Crippen molar-refractivity contribution in [1.29, 1.82) is 0 Å². The number of alkyl halides is 1. The molecule has 0 saturated heterocycles. The molecule has 4 rings (SSSR count). The van der Waals surface area contributed by atoms with Gasteiger partial charge in [-0.05, 0) is 45.5 Å². The molecule has 0 unspecified atom stereocenters. The molecule has 34 heavy (non-hydrogen) atoms. The molecule has 0 radical (unpaired) electrons. The van der Waals surface area contributed by atoms with E-state index in [1.807, 2.05) is 30.3 Å². The van der Waals surface area contributed by atoms with Gasteiger partial charge in [-0.25, -0.2) is 0 Å². The number of rotatable bonds is 7. The van der Waals surface area contributed by atoms with Crippen molar-refractivity contribution < 1.29 is 9.59 Å². The SMILES string of the molecule is CC(=O)N(Cl)CCc1cccc2ccccc12.O=C(CCl)NCCc1ccc2ccccc2c1. The van der Waals surface area contributed by atoms with E-state index in [1.54, 1.807) is 0 Å². The third-order valence-electron chi connectivity index (χ3n) is 5.47. The van der Waals surface area contributed by atoms with Crippen molar-refractivity contribution in [2.75, 3.05) is 19.0 Å². The summed E-state index contributed by atoms with van der Waals surface area (Å²) in [5.74, 6) is -0.211. The van der Waals surface area contributed by atoms with Gasteiger partial charge in [0.1, 0.15) is 5.88 Å². The number of nitrogens with zero attached hydrogens (tertiary/aromatic N) is 1. The molecule has 2 amide bonds. The number of nitrogens with one attached hydrogen (secondary N) is 1. The van der Waals surface area contributed by atoms with Crippen molar-refractivity contribution in [3.05, 3.63) is 96.1 Å². The van der Waals surface area contributed by atoms with Crippen LogP contribution in [0.4, 0.5) is 0 Å². The third kappa shape index (κ3) is 7.47. The number of hydrogen-bond acceptors (Lipinski definition) is 2. The Morgan fingerprint density at radius 1 is 0.824 bits per heavy atom. The molecule has 0 aromatic heterocycles. The van der Waals surface area contributed by atoms with Crippen LogP contribution in [0.2, 0.25) is 0 Å². The Balaban J connectivity index is 0.000000191. The van der Waals surface area contributed by atoms with E-state index >= 15 is 0 Å². The molecule has 6 heteroatoms. The minimum absolute atomic E-state index is 0.0255. The molecule has 0 spiro atoms. The highest BCUT2D eigenvalue weighted by Gasteiger charge is 2.06. The molecule has 1 N–H and O–H groups in total. The van der Waals surface area contributed by atoms with Crippen LogP contribution in [0.25, 0.3) is 21.5 Å². The first kappa shape index (κ1) is 25.5. The van der Waals surface area contributed by atoms with E-state index < -0.39 is 0 Å². The molecule has 0 heterocycles. The van der Waals surface area contributed by atoms with Crippen molar-refractivity contribution in [2.45, 2.75) is 19.8 Å². The fraction of sp³-hybridized carbons (Fsp3) is 0.214. The maximum atomic E-state index is 11.0. The van der Waals surface area contributed by atoms with Crippen LogP contribution in [0.5, 0.6) is 0 Å². The molecule has 0 fully saturated rings. The lowest BCUT2D eigenvalue weighted by Crippen LogP contribution is -2.26. The largest absolute Gasteiger partial charge is 0.355 e. The highest BCUT2D eigenvalue weighted by atomic mass is 35.5. The van der Waals surface area contributed by atoms with Crippen molar-refractivity contribution in [3.8, 4) is 0 Å². The predicted molar refractivity (Wildman–Crippen MR) is 142 cm³/mol. The van der Waals surface area contributed by atoms with Crippen LogP contribution in [-0.4, -0.2) is 35.2 Å². The van der Waals surface area contributed by atoms with Crippen molar-refractivity contribution in [3.63, 3.8) is 0 Å². The van der Waals surface area contributed by atoms with Gasteiger partial charge in [0.05, 0.1) is 0 Å². The van der Waals surface area contributed by atoms with Crippen LogP contribution >= 0.6 is 23.4 Å². The van der Waals surface area contributed by atoms with Gasteiger partial charge in [-0.1, -0.05) is 84.9 Å². The summed E-state index contributed by atoms with van der Waals surface area (Å²) >= 11 is 11.2. The number of carbonyl (C=O) groups excluding carboxylic acids is 2. The molecule has 0 bridgehead atoms. The fourth-order valence-electron chi connectivity index (χ4n) is 3.67. The number of amides is 2. The number of carbonyl (C=O) groups is 2. The van der Waals surface area contributed by atoms with E-state index in [9.17, 15) is 9.59 Å². The van der Waals surface area contributed by atoms with Gasteiger partial charge in [0.15, 0.2) is 0 Å². The summed E-state index contributed by atoms with van der Waals surface area (Å²) in [6.45, 7) is 2.63. The van der Waals surface area contributed by atoms with E-state index in [-0.39, 0.29) is 17.7 Å². The summed E-state index contributed by atoms with van der Waals surface area (Å²) in [6, 6.07) is 29.0. The average Bonchev–Trinajstić information content (AvgIpc) is 2.87. The Morgan fingerprint density at radius 2 is 1.50 bits per heavy atom. The van der Waals surface area contributed by atoms with Crippen LogP contribution in [0, 0.1) is 0 Å². The van der Waals surface area contributed by atoms with E-state index in [2.05, 4.69) is 59.9 Å². The summed E-state index contributed by atoms with van der Waals surface area (Å²) < 4.78 is 1.22. The van der Waals surface area contributed by atoms with E-state index in [1.165, 1.54) is 44.0 Å². The van der Waals surface area contributed by atoms with Crippen LogP contribution < -0.4 is 5.32 Å². The van der Waals surface area contributed by atoms with Gasteiger partial charge in [0.25, 0.3) is 0 Å². The maximum Gasteiger partial charge on any atom is 0.234 e. The van der Waals surface area contributed by atoms with E-state index in [4.69, 9.17) is 23.4 Å². The Kier molecular flexibility index (Phi) is 9.75. The fourth-order valence-corrected chi connectivity index (χ4v) is 3.85. The summed E-state index contributed by atoms with van der Waals surface area (Å²) in [5, 5.41) is 7.67. The zero-order chi connectivity index (χ0) is 24.3. The van der Waals surface area contributed by atoms with Gasteiger partial charge in [0.2, 0.25) is 11.8 Å². The smallest absolute Gasteiger partial charge is 0.234 e. The predicted octanol–water partition coefficient (Wildman–Crippen LogP) is 6.12. The average molecular weight is 495 g/mol. The second kappa shape index (κ2) is 13.0. The normalized spacial score (nSPS) is 10.4. The van der Waals surface area contributed by atoms with Gasteiger partial charge in [0, 0.05) is 31.8 Å². The van der Waals surface area contributed by atoms with Crippen LogP contribution in [0.15, 0.2) is 84.9 Å². The van der Waals surface area contributed by atoms with Crippen molar-refractivity contribution in [2.24, 2.45) is 0 Å². The topological polar surface area (TPSA) is 49.4 Å². The molecule has 0 aliphatic carbocycles. The highest BCUT2D eigenvalue weighted by Crippen LogP contribution is 2.19. The lowest BCUT2D eigenvalue weighted by atomic mass is 10.0. The first-order chi connectivity index (χ1) is 16.5. The second-order valence-corrected chi connectivity index (χ2v) is 8.58. The zero-order valence-corrected chi connectivity index (χ0v) is 20.6. The first-order valence-corrected chi connectivity index (χ1v) is 12.1. The summed E-state index contributed by atoms with van der Waals surface area (Å²) in [7, 11) is 0. The van der Waals surface area contributed by atoms with E-state index in [0.29, 0.717) is 13.1 Å². The molecular formula is C28H28Cl2N2O2. The van der Waals surface area contributed by atoms with Gasteiger partial charge in [-0.3, -0.25) is 14.0 Å². The van der Waals surface area contributed by atoms with Crippen LogP contribution in [-0.2, 0) is 22.4 Å². The second-order valence-electron chi connectivity index (χ2n) is 7.91. The first-order valence-electron chi connectivity index (χ1n) is 11.2. The Bertz CT molecular complexity index is 1250. The lowest BCUT2D eigenvalue weighted by Gasteiger charge is -2.12. The third-order valence-corrected chi connectivity index (χ3v) is 6.12. The van der Waals surface area contributed by atoms with Gasteiger partial charge < -0.3 is 5.32 Å². The monoisotopic (exact) mass is 494 g/mol. The molecule has 176 valence electrons. The molecule has 0 aliphatic heterocycles. The standard InChI is InChI=1S/2C14H14ClNO/c1-11(17)16(15)10-9-13-7-4-6-12-5-2-3-8-14(12)13;15-10-14(17)16-8-7-11-5-6-12-3-1-2-4-13(12)9-11/h2-8H,9-10H2,1H3;1-6,9H,7-8,10H2,(H,16,17). The molecule has 0 atom stereocenters. The Morgan fingerprint density at radius 3 is 2.24 bits per heavy atom. The highest BCUT2D eigenvalue weighted by molar-refractivity contribution is 6.27. The minimum Gasteiger partial charge on any atom is -0.355 e. The quantitative estimate of drug-likeness (QED) is 0.248. The lowest BCUT2D eigenvalue weighted by molar-refractivity contribution is -0.124. The Hall–Kier alpha value is -3.08. The number of fused-ring (bicyclic) bond motifs is 2. The van der Waals surface area contributed by atoms with Crippen LogP contribution in [0.1, 0.15) is 18.1 Å². The number of benzene rings is 4. The Labute approximate surface area is 210 Å². The van der Waals surface area contributed by atoms with Crippen molar-refractivity contribution in [1.82, 2.24) is 9.74 Å². The molecule has 0 aliphatic rings. The molecular weight excluding hydrogens is 467 g/mol. The van der Waals surface area contributed by atoms with Crippen molar-refractivity contribution >= 4 is 56.7 Å². The van der Waals surface area contributed by atoms with Gasteiger partial charge >= 0.3 is 0 Å².